The zero-order valence-corrected chi connectivity index (χ0v) is 15.0. The van der Waals surface area contributed by atoms with Crippen LogP contribution < -0.4 is 10.2 Å². The molecular weight excluding hydrogens is 356 g/mol. The zero-order chi connectivity index (χ0) is 19.7. The number of hydrogen-bond acceptors (Lipinski definition) is 4. The van der Waals surface area contributed by atoms with E-state index >= 15 is 0 Å². The molecule has 4 amide bonds. The molecule has 0 unspecified atom stereocenters. The van der Waals surface area contributed by atoms with Gasteiger partial charge in [0.15, 0.2) is 0 Å². The van der Waals surface area contributed by atoms with E-state index in [-0.39, 0.29) is 5.57 Å². The van der Waals surface area contributed by atoms with Gasteiger partial charge >= 0.3 is 6.03 Å². The predicted molar refractivity (Wildman–Crippen MR) is 104 cm³/mol. The van der Waals surface area contributed by atoms with E-state index in [1.165, 1.54) is 30.6 Å². The quantitative estimate of drug-likeness (QED) is 0.566. The van der Waals surface area contributed by atoms with Gasteiger partial charge in [0.2, 0.25) is 0 Å². The van der Waals surface area contributed by atoms with Crippen LogP contribution in [0.2, 0.25) is 0 Å². The number of barbiturate groups is 1. The lowest BCUT2D eigenvalue weighted by Gasteiger charge is -2.26. The standard InChI is InChI=1S/C21H16N4O3/c1-14-4-2-5-16(12-14)24-11-3-6-17(24)13-18-19(26)23-21(28)25(20(18)27)15-7-9-22-10-8-15/h2-13H,1H3,(H,23,26,28)/b18-13+. The molecule has 0 spiro atoms. The van der Waals surface area contributed by atoms with Crippen molar-refractivity contribution < 1.29 is 14.4 Å². The Labute approximate surface area is 160 Å². The molecule has 3 aromatic rings. The highest BCUT2D eigenvalue weighted by Crippen LogP contribution is 2.22. The summed E-state index contributed by atoms with van der Waals surface area (Å²) in [6.07, 6.45) is 6.27. The van der Waals surface area contributed by atoms with Gasteiger partial charge in [0, 0.05) is 30.0 Å². The molecule has 1 aliphatic heterocycles. The van der Waals surface area contributed by atoms with Crippen LogP contribution in [0.3, 0.4) is 0 Å². The molecule has 4 rings (SSSR count). The molecule has 0 aliphatic carbocycles. The summed E-state index contributed by atoms with van der Waals surface area (Å²) in [5, 5.41) is 2.22. The van der Waals surface area contributed by atoms with Crippen LogP contribution in [0.15, 0.2) is 72.7 Å². The van der Waals surface area contributed by atoms with E-state index in [4.69, 9.17) is 0 Å². The highest BCUT2D eigenvalue weighted by atomic mass is 16.2. The number of amides is 4. The lowest BCUT2D eigenvalue weighted by molar-refractivity contribution is -0.122. The summed E-state index contributed by atoms with van der Waals surface area (Å²) in [4.78, 5) is 42.3. The third kappa shape index (κ3) is 3.09. The molecule has 138 valence electrons. The number of urea groups is 1. The normalized spacial score (nSPS) is 15.8. The molecule has 7 nitrogen and oxygen atoms in total. The Balaban J connectivity index is 1.76. The minimum atomic E-state index is -0.785. The Kier molecular flexibility index (Phi) is 4.33. The average Bonchev–Trinajstić information content (AvgIpc) is 3.14. The summed E-state index contributed by atoms with van der Waals surface area (Å²) in [6.45, 7) is 1.99. The topological polar surface area (TPSA) is 84.3 Å². The van der Waals surface area contributed by atoms with Crippen molar-refractivity contribution in [3.8, 4) is 5.69 Å². The molecular formula is C21H16N4O3. The number of aryl methyl sites for hydroxylation is 1. The fourth-order valence-corrected chi connectivity index (χ4v) is 3.06. The van der Waals surface area contributed by atoms with Crippen LogP contribution >= 0.6 is 0 Å². The van der Waals surface area contributed by atoms with Crippen LogP contribution in [-0.2, 0) is 9.59 Å². The van der Waals surface area contributed by atoms with Gasteiger partial charge in [-0.05, 0) is 55.0 Å². The van der Waals surface area contributed by atoms with E-state index in [2.05, 4.69) is 10.3 Å². The number of benzene rings is 1. The van der Waals surface area contributed by atoms with Gasteiger partial charge in [-0.1, -0.05) is 12.1 Å². The summed E-state index contributed by atoms with van der Waals surface area (Å²) in [5.41, 5.74) is 2.86. The maximum atomic E-state index is 12.9. The molecule has 1 aromatic carbocycles. The summed E-state index contributed by atoms with van der Waals surface area (Å²) < 4.78 is 1.87. The van der Waals surface area contributed by atoms with Gasteiger partial charge in [0.05, 0.1) is 5.69 Å². The number of hydrogen-bond donors (Lipinski definition) is 1. The fourth-order valence-electron chi connectivity index (χ4n) is 3.06. The number of rotatable bonds is 3. The highest BCUT2D eigenvalue weighted by Gasteiger charge is 2.36. The molecule has 1 aliphatic rings. The van der Waals surface area contributed by atoms with Gasteiger partial charge in [-0.15, -0.1) is 0 Å². The van der Waals surface area contributed by atoms with Crippen molar-refractivity contribution in [2.75, 3.05) is 4.90 Å². The van der Waals surface area contributed by atoms with Crippen LogP contribution in [0.5, 0.6) is 0 Å². The van der Waals surface area contributed by atoms with E-state index in [0.29, 0.717) is 11.4 Å². The number of imide groups is 2. The molecule has 0 saturated carbocycles. The molecule has 28 heavy (non-hydrogen) atoms. The number of carbonyl (C=O) groups excluding carboxylic acids is 3. The largest absolute Gasteiger partial charge is 0.335 e. The first-order chi connectivity index (χ1) is 13.5. The van der Waals surface area contributed by atoms with Crippen molar-refractivity contribution in [3.63, 3.8) is 0 Å². The Bertz CT molecular complexity index is 1120. The lowest BCUT2D eigenvalue weighted by atomic mass is 10.1. The monoisotopic (exact) mass is 372 g/mol. The molecule has 7 heteroatoms. The first-order valence-corrected chi connectivity index (χ1v) is 8.60. The Morgan fingerprint density at radius 1 is 0.964 bits per heavy atom. The number of carbonyl (C=O) groups is 3. The van der Waals surface area contributed by atoms with Crippen LogP contribution in [0, 0.1) is 6.92 Å². The third-order valence-electron chi connectivity index (χ3n) is 4.37. The Morgan fingerprint density at radius 3 is 2.50 bits per heavy atom. The number of pyridine rings is 1. The van der Waals surface area contributed by atoms with Crippen LogP contribution in [-0.4, -0.2) is 27.4 Å². The summed E-state index contributed by atoms with van der Waals surface area (Å²) in [7, 11) is 0. The van der Waals surface area contributed by atoms with Crippen molar-refractivity contribution in [2.45, 2.75) is 6.92 Å². The maximum absolute atomic E-state index is 12.9. The third-order valence-corrected chi connectivity index (χ3v) is 4.37. The maximum Gasteiger partial charge on any atom is 0.335 e. The summed E-state index contributed by atoms with van der Waals surface area (Å²) >= 11 is 0. The predicted octanol–water partition coefficient (Wildman–Crippen LogP) is 2.85. The number of aromatic nitrogens is 2. The molecule has 1 saturated heterocycles. The highest BCUT2D eigenvalue weighted by molar-refractivity contribution is 6.39. The summed E-state index contributed by atoms with van der Waals surface area (Å²) in [6, 6.07) is 13.7. The second-order valence-corrected chi connectivity index (χ2v) is 6.31. The Hall–Kier alpha value is -4.00. The van der Waals surface area contributed by atoms with Crippen molar-refractivity contribution in [1.82, 2.24) is 14.9 Å². The molecule has 2 aromatic heterocycles. The van der Waals surface area contributed by atoms with Crippen molar-refractivity contribution in [1.29, 1.82) is 0 Å². The summed E-state index contributed by atoms with van der Waals surface area (Å²) in [5.74, 6) is -1.41. The molecule has 0 radical (unpaired) electrons. The number of nitrogens with one attached hydrogen (secondary N) is 1. The van der Waals surface area contributed by atoms with Crippen LogP contribution in [0.25, 0.3) is 11.8 Å². The van der Waals surface area contributed by atoms with Gasteiger partial charge in [0.25, 0.3) is 11.8 Å². The van der Waals surface area contributed by atoms with E-state index in [9.17, 15) is 14.4 Å². The second-order valence-electron chi connectivity index (χ2n) is 6.31. The van der Waals surface area contributed by atoms with Crippen LogP contribution in [0.1, 0.15) is 11.3 Å². The molecule has 3 heterocycles. The van der Waals surface area contributed by atoms with E-state index in [0.717, 1.165) is 16.2 Å². The van der Waals surface area contributed by atoms with Gasteiger partial charge in [-0.3, -0.25) is 19.9 Å². The zero-order valence-electron chi connectivity index (χ0n) is 15.0. The molecule has 1 fully saturated rings. The first kappa shape index (κ1) is 17.4. The Morgan fingerprint density at radius 2 is 1.75 bits per heavy atom. The van der Waals surface area contributed by atoms with Crippen molar-refractivity contribution in [3.05, 3.63) is 84.0 Å². The van der Waals surface area contributed by atoms with Gasteiger partial charge in [-0.25, -0.2) is 9.69 Å². The van der Waals surface area contributed by atoms with E-state index in [1.807, 2.05) is 48.0 Å². The van der Waals surface area contributed by atoms with E-state index in [1.54, 1.807) is 6.07 Å². The van der Waals surface area contributed by atoms with E-state index < -0.39 is 17.8 Å². The van der Waals surface area contributed by atoms with Crippen LogP contribution in [0.4, 0.5) is 10.5 Å². The number of nitrogens with zero attached hydrogens (tertiary/aromatic N) is 3. The molecule has 0 atom stereocenters. The molecule has 1 N–H and O–H groups in total. The van der Waals surface area contributed by atoms with Gasteiger partial charge in [0.1, 0.15) is 5.57 Å². The SMILES string of the molecule is Cc1cccc(-n2cccc2/C=C2\C(=O)NC(=O)N(c3ccncc3)C2=O)c1. The lowest BCUT2D eigenvalue weighted by Crippen LogP contribution is -2.54. The smallest absolute Gasteiger partial charge is 0.317 e. The minimum absolute atomic E-state index is 0.121. The van der Waals surface area contributed by atoms with Gasteiger partial charge < -0.3 is 4.57 Å². The van der Waals surface area contributed by atoms with Gasteiger partial charge in [-0.2, -0.15) is 0 Å². The molecule has 0 bridgehead atoms. The van der Waals surface area contributed by atoms with Crippen molar-refractivity contribution >= 4 is 29.6 Å². The second kappa shape index (κ2) is 6.96. The van der Waals surface area contributed by atoms with Crippen molar-refractivity contribution in [2.24, 2.45) is 0 Å². The average molecular weight is 372 g/mol. The first-order valence-electron chi connectivity index (χ1n) is 8.60. The minimum Gasteiger partial charge on any atom is -0.317 e. The fraction of sp³-hybridized carbons (Fsp3) is 0.0476. The number of anilines is 1.